The van der Waals surface area contributed by atoms with Crippen LogP contribution in [0.5, 0.6) is 0 Å². The van der Waals surface area contributed by atoms with Crippen LogP contribution in [0.1, 0.15) is 45.4 Å². The molecule has 0 spiro atoms. The Kier molecular flexibility index (Phi) is 8.01. The van der Waals surface area contributed by atoms with Crippen LogP contribution in [0.2, 0.25) is 0 Å². The van der Waals surface area contributed by atoms with Crippen LogP contribution in [0, 0.1) is 5.92 Å². The number of methoxy groups -OCH3 is 1. The first-order valence-corrected chi connectivity index (χ1v) is 7.25. The van der Waals surface area contributed by atoms with Crippen LogP contribution in [0.3, 0.4) is 0 Å². The standard InChI is InChI=1S/C14H28N2O2/c1-3-5-13(11-18-2)16-14(17)8-7-12-6-4-9-15-10-12/h12-13,15H,3-11H2,1-2H3,(H,16,17). The normalized spacial score (nSPS) is 21.6. The number of carbonyl (C=O) groups is 1. The fraction of sp³-hybridized carbons (Fsp3) is 0.929. The molecule has 1 amide bonds. The molecule has 1 heterocycles. The van der Waals surface area contributed by atoms with Crippen molar-refractivity contribution in [3.8, 4) is 0 Å². The molecule has 1 rings (SSSR count). The topological polar surface area (TPSA) is 50.4 Å². The van der Waals surface area contributed by atoms with E-state index in [4.69, 9.17) is 4.74 Å². The molecule has 1 fully saturated rings. The Bertz CT molecular complexity index is 222. The van der Waals surface area contributed by atoms with Crippen molar-refractivity contribution in [2.45, 2.75) is 51.5 Å². The molecule has 1 saturated heterocycles. The van der Waals surface area contributed by atoms with Gasteiger partial charge in [-0.05, 0) is 44.7 Å². The molecular formula is C14H28N2O2. The minimum Gasteiger partial charge on any atom is -0.383 e. The van der Waals surface area contributed by atoms with Crippen molar-refractivity contribution in [3.63, 3.8) is 0 Å². The average Bonchev–Trinajstić information content (AvgIpc) is 2.38. The lowest BCUT2D eigenvalue weighted by atomic mass is 9.94. The summed E-state index contributed by atoms with van der Waals surface area (Å²) in [5, 5.41) is 6.46. The molecular weight excluding hydrogens is 228 g/mol. The van der Waals surface area contributed by atoms with Gasteiger partial charge in [-0.3, -0.25) is 4.79 Å². The maximum atomic E-state index is 11.9. The minimum atomic E-state index is 0.177. The fourth-order valence-electron chi connectivity index (χ4n) is 2.55. The monoisotopic (exact) mass is 256 g/mol. The summed E-state index contributed by atoms with van der Waals surface area (Å²) in [7, 11) is 1.68. The summed E-state index contributed by atoms with van der Waals surface area (Å²) in [6.07, 6.45) is 6.22. The van der Waals surface area contributed by atoms with E-state index in [2.05, 4.69) is 17.6 Å². The summed E-state index contributed by atoms with van der Waals surface area (Å²) >= 11 is 0. The predicted octanol–water partition coefficient (Wildman–Crippen LogP) is 1.70. The maximum Gasteiger partial charge on any atom is 0.220 e. The molecule has 0 aromatic rings. The molecule has 2 unspecified atom stereocenters. The van der Waals surface area contributed by atoms with Crippen LogP contribution in [0.15, 0.2) is 0 Å². The molecule has 0 aromatic heterocycles. The number of hydrogen-bond acceptors (Lipinski definition) is 3. The maximum absolute atomic E-state index is 11.9. The predicted molar refractivity (Wildman–Crippen MR) is 73.5 cm³/mol. The van der Waals surface area contributed by atoms with Gasteiger partial charge in [-0.15, -0.1) is 0 Å². The van der Waals surface area contributed by atoms with E-state index >= 15 is 0 Å². The third-order valence-corrected chi connectivity index (χ3v) is 3.55. The average molecular weight is 256 g/mol. The highest BCUT2D eigenvalue weighted by Gasteiger charge is 2.16. The van der Waals surface area contributed by atoms with Gasteiger partial charge in [0, 0.05) is 13.5 Å². The Morgan fingerprint density at radius 2 is 2.39 bits per heavy atom. The minimum absolute atomic E-state index is 0.177. The first kappa shape index (κ1) is 15.4. The number of rotatable bonds is 8. The number of piperidine rings is 1. The van der Waals surface area contributed by atoms with Gasteiger partial charge < -0.3 is 15.4 Å². The lowest BCUT2D eigenvalue weighted by molar-refractivity contribution is -0.122. The van der Waals surface area contributed by atoms with E-state index in [1.54, 1.807) is 7.11 Å². The van der Waals surface area contributed by atoms with Crippen LogP contribution in [-0.4, -0.2) is 38.8 Å². The van der Waals surface area contributed by atoms with E-state index in [9.17, 15) is 4.79 Å². The molecule has 0 saturated carbocycles. The third kappa shape index (κ3) is 6.36. The second kappa shape index (κ2) is 9.34. The molecule has 2 atom stereocenters. The summed E-state index contributed by atoms with van der Waals surface area (Å²) < 4.78 is 5.13. The van der Waals surface area contributed by atoms with E-state index in [-0.39, 0.29) is 11.9 Å². The lowest BCUT2D eigenvalue weighted by Crippen LogP contribution is -2.38. The van der Waals surface area contributed by atoms with Gasteiger partial charge in [0.25, 0.3) is 0 Å². The lowest BCUT2D eigenvalue weighted by Gasteiger charge is -2.23. The van der Waals surface area contributed by atoms with E-state index in [0.29, 0.717) is 18.9 Å². The molecule has 18 heavy (non-hydrogen) atoms. The van der Waals surface area contributed by atoms with Gasteiger partial charge in [-0.1, -0.05) is 13.3 Å². The van der Waals surface area contributed by atoms with Crippen molar-refractivity contribution in [3.05, 3.63) is 0 Å². The first-order valence-electron chi connectivity index (χ1n) is 7.25. The van der Waals surface area contributed by atoms with Gasteiger partial charge in [0.2, 0.25) is 5.91 Å². The van der Waals surface area contributed by atoms with Crippen molar-refractivity contribution in [1.82, 2.24) is 10.6 Å². The number of ether oxygens (including phenoxy) is 1. The second-order valence-electron chi connectivity index (χ2n) is 5.26. The van der Waals surface area contributed by atoms with Crippen molar-refractivity contribution >= 4 is 5.91 Å². The molecule has 106 valence electrons. The zero-order valence-corrected chi connectivity index (χ0v) is 11.8. The Morgan fingerprint density at radius 3 is 3.00 bits per heavy atom. The zero-order chi connectivity index (χ0) is 13.2. The van der Waals surface area contributed by atoms with Crippen LogP contribution in [0.4, 0.5) is 0 Å². The summed E-state index contributed by atoms with van der Waals surface area (Å²) in [6, 6.07) is 0.178. The Balaban J connectivity index is 2.17. The highest BCUT2D eigenvalue weighted by atomic mass is 16.5. The van der Waals surface area contributed by atoms with Crippen molar-refractivity contribution in [2.75, 3.05) is 26.8 Å². The SMILES string of the molecule is CCCC(COC)NC(=O)CCC1CCCNC1. The van der Waals surface area contributed by atoms with E-state index in [1.807, 2.05) is 0 Å². The summed E-state index contributed by atoms with van der Waals surface area (Å²) in [6.45, 7) is 4.95. The van der Waals surface area contributed by atoms with Crippen LogP contribution < -0.4 is 10.6 Å². The molecule has 0 aliphatic carbocycles. The molecule has 1 aliphatic heterocycles. The van der Waals surface area contributed by atoms with Crippen molar-refractivity contribution in [2.24, 2.45) is 5.92 Å². The smallest absolute Gasteiger partial charge is 0.220 e. The largest absolute Gasteiger partial charge is 0.383 e. The Morgan fingerprint density at radius 1 is 1.56 bits per heavy atom. The molecule has 0 radical (unpaired) electrons. The fourth-order valence-corrected chi connectivity index (χ4v) is 2.55. The highest BCUT2D eigenvalue weighted by Crippen LogP contribution is 2.15. The second-order valence-corrected chi connectivity index (χ2v) is 5.26. The molecule has 2 N–H and O–H groups in total. The molecule has 4 heteroatoms. The van der Waals surface area contributed by atoms with Crippen molar-refractivity contribution in [1.29, 1.82) is 0 Å². The number of hydrogen-bond donors (Lipinski definition) is 2. The van der Waals surface area contributed by atoms with Crippen molar-refractivity contribution < 1.29 is 9.53 Å². The summed E-state index contributed by atoms with van der Waals surface area (Å²) in [4.78, 5) is 11.9. The van der Waals surface area contributed by atoms with Gasteiger partial charge in [-0.25, -0.2) is 0 Å². The number of carbonyl (C=O) groups excluding carboxylic acids is 1. The molecule has 0 aromatic carbocycles. The molecule has 1 aliphatic rings. The van der Waals surface area contributed by atoms with Gasteiger partial charge in [0.05, 0.1) is 12.6 Å². The van der Waals surface area contributed by atoms with Crippen LogP contribution in [0.25, 0.3) is 0 Å². The third-order valence-electron chi connectivity index (χ3n) is 3.55. The molecule has 0 bridgehead atoms. The molecule has 4 nitrogen and oxygen atoms in total. The van der Waals surface area contributed by atoms with E-state index in [1.165, 1.54) is 12.8 Å². The Labute approximate surface area is 111 Å². The Hall–Kier alpha value is -0.610. The van der Waals surface area contributed by atoms with Crippen LogP contribution in [-0.2, 0) is 9.53 Å². The summed E-state index contributed by atoms with van der Waals surface area (Å²) in [5.74, 6) is 0.854. The summed E-state index contributed by atoms with van der Waals surface area (Å²) in [5.41, 5.74) is 0. The van der Waals surface area contributed by atoms with E-state index in [0.717, 1.165) is 32.4 Å². The first-order chi connectivity index (χ1) is 8.76. The van der Waals surface area contributed by atoms with Crippen LogP contribution >= 0.6 is 0 Å². The van der Waals surface area contributed by atoms with Gasteiger partial charge in [0.1, 0.15) is 0 Å². The number of nitrogens with one attached hydrogen (secondary N) is 2. The zero-order valence-electron chi connectivity index (χ0n) is 11.8. The highest BCUT2D eigenvalue weighted by molar-refractivity contribution is 5.76. The van der Waals surface area contributed by atoms with E-state index < -0.39 is 0 Å². The number of amides is 1. The quantitative estimate of drug-likeness (QED) is 0.695. The van der Waals surface area contributed by atoms with Gasteiger partial charge >= 0.3 is 0 Å². The van der Waals surface area contributed by atoms with Gasteiger partial charge in [0.15, 0.2) is 0 Å². The van der Waals surface area contributed by atoms with Gasteiger partial charge in [-0.2, -0.15) is 0 Å².